The van der Waals surface area contributed by atoms with Gasteiger partial charge in [0.2, 0.25) is 5.91 Å². The molecule has 0 aliphatic carbocycles. The fraction of sp³-hybridized carbons (Fsp3) is 0.130. The molecule has 0 N–H and O–H groups in total. The summed E-state index contributed by atoms with van der Waals surface area (Å²) >= 11 is 0. The Hall–Kier alpha value is -3.40. The number of rotatable bonds is 4. The van der Waals surface area contributed by atoms with Crippen molar-refractivity contribution in [3.05, 3.63) is 96.6 Å². The predicted molar refractivity (Wildman–Crippen MR) is 108 cm³/mol. The lowest BCUT2D eigenvalue weighted by molar-refractivity contribution is -0.125. The Morgan fingerprint density at radius 1 is 1.04 bits per heavy atom. The topological polar surface area (TPSA) is 38.1 Å². The molecule has 0 unspecified atom stereocenters. The SMILES string of the molecule is O=C(/C=C/c1ccc(-n2ccnc2)cc1)N1CC=C(c2ccccc2)CC1. The van der Waals surface area contributed by atoms with Crippen LogP contribution in [0.25, 0.3) is 17.3 Å². The maximum atomic E-state index is 12.5. The van der Waals surface area contributed by atoms with E-state index in [9.17, 15) is 4.79 Å². The van der Waals surface area contributed by atoms with Gasteiger partial charge in [-0.1, -0.05) is 48.5 Å². The van der Waals surface area contributed by atoms with Crippen LogP contribution >= 0.6 is 0 Å². The average Bonchev–Trinajstić information content (AvgIpc) is 3.28. The van der Waals surface area contributed by atoms with Gasteiger partial charge in [-0.25, -0.2) is 4.98 Å². The van der Waals surface area contributed by atoms with Crippen LogP contribution < -0.4 is 0 Å². The monoisotopic (exact) mass is 355 g/mol. The number of hydrogen-bond donors (Lipinski definition) is 0. The molecule has 1 aliphatic heterocycles. The summed E-state index contributed by atoms with van der Waals surface area (Å²) in [5.41, 5.74) is 4.62. The van der Waals surface area contributed by atoms with E-state index in [1.54, 1.807) is 18.6 Å². The van der Waals surface area contributed by atoms with Gasteiger partial charge in [0.05, 0.1) is 6.33 Å². The number of aromatic nitrogens is 2. The molecule has 0 bridgehead atoms. The number of benzene rings is 2. The Balaban J connectivity index is 1.37. The lowest BCUT2D eigenvalue weighted by Gasteiger charge is -2.25. The van der Waals surface area contributed by atoms with Crippen LogP contribution in [0, 0.1) is 0 Å². The van der Waals surface area contributed by atoms with E-state index in [0.717, 1.165) is 24.2 Å². The highest BCUT2D eigenvalue weighted by Gasteiger charge is 2.15. The summed E-state index contributed by atoms with van der Waals surface area (Å²) in [6.07, 6.45) is 12.0. The molecule has 27 heavy (non-hydrogen) atoms. The standard InChI is InChI=1S/C23H21N3O/c27-23(25-15-12-21(13-16-25)20-4-2-1-3-5-20)11-8-19-6-9-22(10-7-19)26-17-14-24-18-26/h1-12,14,17-18H,13,15-16H2/b11-8+. The van der Waals surface area contributed by atoms with E-state index < -0.39 is 0 Å². The van der Waals surface area contributed by atoms with E-state index in [2.05, 4.69) is 35.3 Å². The van der Waals surface area contributed by atoms with Crippen LogP contribution in [0.4, 0.5) is 0 Å². The fourth-order valence-electron chi connectivity index (χ4n) is 3.23. The van der Waals surface area contributed by atoms with Gasteiger partial charge in [0, 0.05) is 37.2 Å². The van der Waals surface area contributed by atoms with Crippen LogP contribution in [-0.2, 0) is 4.79 Å². The quantitative estimate of drug-likeness (QED) is 0.658. The van der Waals surface area contributed by atoms with E-state index in [4.69, 9.17) is 0 Å². The molecule has 1 amide bonds. The Bertz CT molecular complexity index is 955. The van der Waals surface area contributed by atoms with Crippen LogP contribution in [0.1, 0.15) is 17.5 Å². The third-order valence-corrected chi connectivity index (χ3v) is 4.78. The largest absolute Gasteiger partial charge is 0.335 e. The van der Waals surface area contributed by atoms with Crippen LogP contribution in [0.2, 0.25) is 0 Å². The van der Waals surface area contributed by atoms with Crippen molar-refractivity contribution >= 4 is 17.6 Å². The van der Waals surface area contributed by atoms with E-state index in [-0.39, 0.29) is 5.91 Å². The van der Waals surface area contributed by atoms with Crippen LogP contribution in [0.5, 0.6) is 0 Å². The molecule has 4 heteroatoms. The van der Waals surface area contributed by atoms with Crippen LogP contribution in [-0.4, -0.2) is 33.4 Å². The second-order valence-electron chi connectivity index (χ2n) is 6.52. The zero-order valence-corrected chi connectivity index (χ0v) is 15.0. The summed E-state index contributed by atoms with van der Waals surface area (Å²) in [6, 6.07) is 18.4. The molecule has 0 atom stereocenters. The number of carbonyl (C=O) groups excluding carboxylic acids is 1. The third kappa shape index (κ3) is 4.06. The molecule has 1 aliphatic rings. The number of amides is 1. The van der Waals surface area contributed by atoms with E-state index in [0.29, 0.717) is 6.54 Å². The summed E-state index contributed by atoms with van der Waals surface area (Å²) in [5, 5.41) is 0. The number of hydrogen-bond acceptors (Lipinski definition) is 2. The highest BCUT2D eigenvalue weighted by molar-refractivity contribution is 5.92. The highest BCUT2D eigenvalue weighted by atomic mass is 16.2. The van der Waals surface area contributed by atoms with Gasteiger partial charge in [-0.15, -0.1) is 0 Å². The molecule has 4 rings (SSSR count). The normalized spacial score (nSPS) is 14.4. The third-order valence-electron chi connectivity index (χ3n) is 4.78. The number of imidazole rings is 1. The molecule has 134 valence electrons. The van der Waals surface area contributed by atoms with Gasteiger partial charge >= 0.3 is 0 Å². The fourth-order valence-corrected chi connectivity index (χ4v) is 3.23. The maximum absolute atomic E-state index is 12.5. The molecule has 3 aromatic rings. The van der Waals surface area contributed by atoms with Crippen molar-refractivity contribution in [2.75, 3.05) is 13.1 Å². The van der Waals surface area contributed by atoms with Crippen molar-refractivity contribution in [2.24, 2.45) is 0 Å². The van der Waals surface area contributed by atoms with Crippen LogP contribution in [0.15, 0.2) is 85.5 Å². The molecule has 1 aromatic heterocycles. The molecule has 0 radical (unpaired) electrons. The molecule has 0 saturated heterocycles. The summed E-state index contributed by atoms with van der Waals surface area (Å²) in [4.78, 5) is 18.4. The van der Waals surface area contributed by atoms with Gasteiger partial charge in [0.25, 0.3) is 0 Å². The van der Waals surface area contributed by atoms with E-state index in [1.165, 1.54) is 11.1 Å². The van der Waals surface area contributed by atoms with Crippen molar-refractivity contribution < 1.29 is 4.79 Å². The predicted octanol–water partition coefficient (Wildman–Crippen LogP) is 4.20. The van der Waals surface area contributed by atoms with Gasteiger partial charge in [-0.2, -0.15) is 0 Å². The first kappa shape index (κ1) is 17.0. The first-order chi connectivity index (χ1) is 13.3. The zero-order chi connectivity index (χ0) is 18.5. The van der Waals surface area contributed by atoms with Gasteiger partial charge < -0.3 is 9.47 Å². The van der Waals surface area contributed by atoms with E-state index in [1.807, 2.05) is 52.1 Å². The van der Waals surface area contributed by atoms with Crippen molar-refractivity contribution in [1.29, 1.82) is 0 Å². The highest BCUT2D eigenvalue weighted by Crippen LogP contribution is 2.22. The molecule has 4 nitrogen and oxygen atoms in total. The second kappa shape index (κ2) is 7.87. The number of nitrogens with zero attached hydrogens (tertiary/aromatic N) is 3. The zero-order valence-electron chi connectivity index (χ0n) is 15.0. The van der Waals surface area contributed by atoms with Gasteiger partial charge in [0.1, 0.15) is 0 Å². The minimum atomic E-state index is 0.0528. The molecular formula is C23H21N3O. The first-order valence-electron chi connectivity index (χ1n) is 9.09. The Labute approximate surface area is 159 Å². The van der Waals surface area contributed by atoms with Crippen LogP contribution in [0.3, 0.4) is 0 Å². The summed E-state index contributed by atoms with van der Waals surface area (Å²) in [6.45, 7) is 1.41. The lowest BCUT2D eigenvalue weighted by Crippen LogP contribution is -2.33. The molecule has 0 fully saturated rings. The van der Waals surface area contributed by atoms with Gasteiger partial charge in [-0.3, -0.25) is 4.79 Å². The number of carbonyl (C=O) groups is 1. The Morgan fingerprint density at radius 2 is 1.85 bits per heavy atom. The van der Waals surface area contributed by atoms with Crippen molar-refractivity contribution in [2.45, 2.75) is 6.42 Å². The molecule has 2 heterocycles. The minimum absolute atomic E-state index is 0.0528. The average molecular weight is 355 g/mol. The maximum Gasteiger partial charge on any atom is 0.246 e. The molecule has 0 saturated carbocycles. The molecule has 0 spiro atoms. The summed E-state index contributed by atoms with van der Waals surface area (Å²) < 4.78 is 1.95. The van der Waals surface area contributed by atoms with Crippen molar-refractivity contribution in [3.63, 3.8) is 0 Å². The Kier molecular flexibility index (Phi) is 4.97. The van der Waals surface area contributed by atoms with Gasteiger partial charge in [-0.05, 0) is 41.3 Å². The van der Waals surface area contributed by atoms with Crippen molar-refractivity contribution in [1.82, 2.24) is 14.5 Å². The smallest absolute Gasteiger partial charge is 0.246 e. The lowest BCUT2D eigenvalue weighted by atomic mass is 9.99. The molecule has 2 aromatic carbocycles. The van der Waals surface area contributed by atoms with Gasteiger partial charge in [0.15, 0.2) is 0 Å². The minimum Gasteiger partial charge on any atom is -0.335 e. The molecular weight excluding hydrogens is 334 g/mol. The summed E-state index contributed by atoms with van der Waals surface area (Å²) in [7, 11) is 0. The second-order valence-corrected chi connectivity index (χ2v) is 6.52. The Morgan fingerprint density at radius 3 is 2.52 bits per heavy atom. The van der Waals surface area contributed by atoms with E-state index >= 15 is 0 Å². The first-order valence-corrected chi connectivity index (χ1v) is 9.09. The van der Waals surface area contributed by atoms with Crippen molar-refractivity contribution in [3.8, 4) is 5.69 Å². The summed E-state index contributed by atoms with van der Waals surface area (Å²) in [5.74, 6) is 0.0528.